The van der Waals surface area contributed by atoms with Gasteiger partial charge in [0.2, 0.25) is 0 Å². The molecule has 3 rings (SSSR count). The van der Waals surface area contributed by atoms with Gasteiger partial charge in [0, 0.05) is 5.02 Å². The van der Waals surface area contributed by atoms with Gasteiger partial charge in [-0.1, -0.05) is 23.7 Å². The predicted octanol–water partition coefficient (Wildman–Crippen LogP) is 4.29. The first kappa shape index (κ1) is 14.4. The van der Waals surface area contributed by atoms with Crippen LogP contribution in [-0.2, 0) is 0 Å². The highest BCUT2D eigenvalue weighted by Crippen LogP contribution is 2.27. The van der Waals surface area contributed by atoms with E-state index in [1.807, 2.05) is 0 Å². The number of halogens is 1. The van der Waals surface area contributed by atoms with E-state index in [0.29, 0.717) is 27.4 Å². The van der Waals surface area contributed by atoms with E-state index in [4.69, 9.17) is 16.0 Å². The number of rotatable bonds is 2. The van der Waals surface area contributed by atoms with Crippen molar-refractivity contribution < 1.29 is 9.52 Å². The van der Waals surface area contributed by atoms with Crippen LogP contribution in [0.2, 0.25) is 5.02 Å². The number of hydrogen-bond donors (Lipinski definition) is 1. The molecule has 1 N–H and O–H groups in total. The van der Waals surface area contributed by atoms with E-state index in [-0.39, 0.29) is 11.3 Å². The minimum Gasteiger partial charge on any atom is -0.506 e. The van der Waals surface area contributed by atoms with Gasteiger partial charge >= 0.3 is 5.63 Å². The first-order chi connectivity index (χ1) is 10.6. The molecular weight excluding hydrogens is 302 g/mol. The fourth-order valence-electron chi connectivity index (χ4n) is 2.22. The van der Waals surface area contributed by atoms with Gasteiger partial charge in [-0.05, 0) is 43.3 Å². The highest BCUT2D eigenvalue weighted by molar-refractivity contribution is 6.30. The zero-order chi connectivity index (χ0) is 15.7. The predicted molar refractivity (Wildman–Crippen MR) is 87.5 cm³/mol. The molecular formula is C17H12ClNO3. The molecule has 0 fully saturated rings. The molecule has 0 amide bonds. The van der Waals surface area contributed by atoms with Gasteiger partial charge in [0.15, 0.2) is 0 Å². The Morgan fingerprint density at radius 3 is 2.55 bits per heavy atom. The van der Waals surface area contributed by atoms with Crippen molar-refractivity contribution >= 4 is 34.0 Å². The van der Waals surface area contributed by atoms with Crippen molar-refractivity contribution in [3.05, 3.63) is 69.5 Å². The van der Waals surface area contributed by atoms with E-state index < -0.39 is 5.63 Å². The fraction of sp³-hybridized carbons (Fsp3) is 0.0588. The average molecular weight is 314 g/mol. The zero-order valence-electron chi connectivity index (χ0n) is 11.7. The van der Waals surface area contributed by atoms with Gasteiger partial charge in [-0.25, -0.2) is 4.79 Å². The van der Waals surface area contributed by atoms with Gasteiger partial charge in [-0.3, -0.25) is 4.99 Å². The van der Waals surface area contributed by atoms with Crippen LogP contribution in [0.4, 0.5) is 5.69 Å². The number of aliphatic imine (C=N–C) groups is 1. The Kier molecular flexibility index (Phi) is 3.69. The molecule has 4 nitrogen and oxygen atoms in total. The molecule has 0 spiro atoms. The van der Waals surface area contributed by atoms with Gasteiger partial charge in [-0.2, -0.15) is 0 Å². The minimum absolute atomic E-state index is 0.0636. The van der Waals surface area contributed by atoms with Gasteiger partial charge < -0.3 is 9.52 Å². The molecule has 0 saturated heterocycles. The summed E-state index contributed by atoms with van der Waals surface area (Å²) >= 11 is 5.83. The van der Waals surface area contributed by atoms with E-state index in [1.165, 1.54) is 0 Å². The number of benzene rings is 2. The second-order valence-corrected chi connectivity index (χ2v) is 5.22. The van der Waals surface area contributed by atoms with Crippen LogP contribution in [0.5, 0.6) is 5.75 Å². The molecule has 0 bridgehead atoms. The Balaban J connectivity index is 2.17. The quantitative estimate of drug-likeness (QED) is 0.567. The molecule has 0 saturated carbocycles. The van der Waals surface area contributed by atoms with Crippen molar-refractivity contribution in [1.29, 1.82) is 0 Å². The lowest BCUT2D eigenvalue weighted by Crippen LogP contribution is -2.12. The Morgan fingerprint density at radius 1 is 1.14 bits per heavy atom. The van der Waals surface area contributed by atoms with Crippen molar-refractivity contribution in [2.75, 3.05) is 0 Å². The van der Waals surface area contributed by atoms with Gasteiger partial charge in [0.1, 0.15) is 16.9 Å². The second-order valence-electron chi connectivity index (χ2n) is 4.78. The molecule has 0 aliphatic rings. The van der Waals surface area contributed by atoms with Crippen LogP contribution >= 0.6 is 11.6 Å². The molecule has 0 atom stereocenters. The smallest absolute Gasteiger partial charge is 0.349 e. The summed E-state index contributed by atoms with van der Waals surface area (Å²) in [5.74, 6) is -0.123. The molecule has 2 aromatic carbocycles. The maximum absolute atomic E-state index is 12.1. The maximum atomic E-state index is 12.1. The van der Waals surface area contributed by atoms with E-state index >= 15 is 0 Å². The van der Waals surface area contributed by atoms with Crippen molar-refractivity contribution in [3.8, 4) is 5.75 Å². The number of hydrogen-bond acceptors (Lipinski definition) is 4. The summed E-state index contributed by atoms with van der Waals surface area (Å²) in [5, 5.41) is 11.4. The topological polar surface area (TPSA) is 62.8 Å². The summed E-state index contributed by atoms with van der Waals surface area (Å²) in [6, 6.07) is 13.7. The minimum atomic E-state index is -0.619. The first-order valence-corrected chi connectivity index (χ1v) is 7.00. The largest absolute Gasteiger partial charge is 0.506 e. The van der Waals surface area contributed by atoms with E-state index in [0.717, 1.165) is 0 Å². The summed E-state index contributed by atoms with van der Waals surface area (Å²) in [5.41, 5.74) is 0.793. The summed E-state index contributed by atoms with van der Waals surface area (Å²) in [6.07, 6.45) is 0. The zero-order valence-corrected chi connectivity index (χ0v) is 12.5. The van der Waals surface area contributed by atoms with Crippen LogP contribution < -0.4 is 5.63 Å². The van der Waals surface area contributed by atoms with E-state index in [9.17, 15) is 9.90 Å². The summed E-state index contributed by atoms with van der Waals surface area (Å²) in [7, 11) is 0. The molecule has 0 unspecified atom stereocenters. The monoisotopic (exact) mass is 313 g/mol. The Morgan fingerprint density at radius 2 is 1.82 bits per heavy atom. The van der Waals surface area contributed by atoms with E-state index in [2.05, 4.69) is 4.99 Å². The van der Waals surface area contributed by atoms with Crippen LogP contribution in [0, 0.1) is 0 Å². The van der Waals surface area contributed by atoms with Gasteiger partial charge in [0.05, 0.1) is 16.8 Å². The maximum Gasteiger partial charge on any atom is 0.349 e. The molecule has 0 aliphatic carbocycles. The normalized spacial score (nSPS) is 11.8. The number of nitrogens with zero attached hydrogens (tertiary/aromatic N) is 1. The molecule has 22 heavy (non-hydrogen) atoms. The third-order valence-electron chi connectivity index (χ3n) is 3.27. The van der Waals surface area contributed by atoms with Crippen molar-refractivity contribution in [3.63, 3.8) is 0 Å². The second kappa shape index (κ2) is 5.66. The highest BCUT2D eigenvalue weighted by atomic mass is 35.5. The molecule has 3 aromatic rings. The Hall–Kier alpha value is -2.59. The summed E-state index contributed by atoms with van der Waals surface area (Å²) in [6.45, 7) is 1.65. The third kappa shape index (κ3) is 2.61. The van der Waals surface area contributed by atoms with Crippen LogP contribution in [0.3, 0.4) is 0 Å². The molecule has 1 heterocycles. The lowest BCUT2D eigenvalue weighted by atomic mass is 10.1. The number of fused-ring (bicyclic) bond motifs is 1. The highest BCUT2D eigenvalue weighted by Gasteiger charge is 2.16. The van der Waals surface area contributed by atoms with Crippen molar-refractivity contribution in [1.82, 2.24) is 0 Å². The van der Waals surface area contributed by atoms with Crippen LogP contribution in [0.1, 0.15) is 12.5 Å². The third-order valence-corrected chi connectivity index (χ3v) is 3.52. The Labute approximate surface area is 131 Å². The van der Waals surface area contributed by atoms with Gasteiger partial charge in [-0.15, -0.1) is 0 Å². The van der Waals surface area contributed by atoms with Gasteiger partial charge in [0.25, 0.3) is 0 Å². The molecule has 1 aromatic heterocycles. The van der Waals surface area contributed by atoms with Crippen LogP contribution in [-0.4, -0.2) is 10.8 Å². The standard InChI is InChI=1S/C17H12ClNO3/c1-10(19-12-8-6-11(18)7-9-12)15-16(20)13-4-2-3-5-14(13)22-17(15)21/h2-9,20H,1H3. The summed E-state index contributed by atoms with van der Waals surface area (Å²) < 4.78 is 5.23. The van der Waals surface area contributed by atoms with E-state index in [1.54, 1.807) is 55.5 Å². The van der Waals surface area contributed by atoms with Crippen LogP contribution in [0.25, 0.3) is 11.0 Å². The first-order valence-electron chi connectivity index (χ1n) is 6.62. The fourth-order valence-corrected chi connectivity index (χ4v) is 2.34. The lowest BCUT2D eigenvalue weighted by molar-refractivity contribution is 0.466. The average Bonchev–Trinajstić information content (AvgIpc) is 2.49. The van der Waals surface area contributed by atoms with Crippen LogP contribution in [0.15, 0.2) is 62.7 Å². The van der Waals surface area contributed by atoms with Crippen molar-refractivity contribution in [2.45, 2.75) is 6.92 Å². The molecule has 0 radical (unpaired) electrons. The number of aromatic hydroxyl groups is 1. The summed E-state index contributed by atoms with van der Waals surface area (Å²) in [4.78, 5) is 16.4. The number of para-hydroxylation sites is 1. The Bertz CT molecular complexity index is 927. The SMILES string of the molecule is CC(=Nc1ccc(Cl)cc1)c1c(O)c2ccccc2oc1=O. The molecule has 0 aliphatic heterocycles. The molecule has 5 heteroatoms. The lowest BCUT2D eigenvalue weighted by Gasteiger charge is -2.06. The molecule has 110 valence electrons. The van der Waals surface area contributed by atoms with Crippen molar-refractivity contribution in [2.24, 2.45) is 4.99 Å².